The van der Waals surface area contributed by atoms with Crippen LogP contribution in [0.25, 0.3) is 11.3 Å². The van der Waals surface area contributed by atoms with Gasteiger partial charge in [0.2, 0.25) is 5.75 Å². The topological polar surface area (TPSA) is 108 Å². The second-order valence-electron chi connectivity index (χ2n) is 6.05. The Morgan fingerprint density at radius 3 is 2.10 bits per heavy atom. The predicted octanol–water partition coefficient (Wildman–Crippen LogP) is 4.27. The fourth-order valence-corrected chi connectivity index (χ4v) is 3.64. The fourth-order valence-electron chi connectivity index (χ4n) is 2.78. The molecule has 0 aliphatic rings. The maximum Gasteiger partial charge on any atom is 0.413 e. The molecule has 2 aromatic carbocycles. The molecule has 0 aliphatic carbocycles. The molecule has 0 aliphatic heterocycles. The zero-order valence-electron chi connectivity index (χ0n) is 17.3. The van der Waals surface area contributed by atoms with E-state index in [9.17, 15) is 9.59 Å². The zero-order chi connectivity index (χ0) is 22.4. The summed E-state index contributed by atoms with van der Waals surface area (Å²) in [6.07, 6.45) is -0.657. The number of hydrogen-bond donors (Lipinski definition) is 2. The van der Waals surface area contributed by atoms with Gasteiger partial charge in [-0.25, -0.2) is 9.78 Å². The van der Waals surface area contributed by atoms with Crippen LogP contribution in [0.5, 0.6) is 17.2 Å². The summed E-state index contributed by atoms with van der Waals surface area (Å²) in [6, 6.07) is 12.4. The predicted molar refractivity (Wildman–Crippen MR) is 118 cm³/mol. The Labute approximate surface area is 182 Å². The van der Waals surface area contributed by atoms with E-state index in [2.05, 4.69) is 20.4 Å². The van der Waals surface area contributed by atoms with Gasteiger partial charge in [0.15, 0.2) is 16.6 Å². The molecule has 2 amide bonds. The number of nitrogens with one attached hydrogen (secondary N) is 2. The summed E-state index contributed by atoms with van der Waals surface area (Å²) >= 11 is 1.11. The summed E-state index contributed by atoms with van der Waals surface area (Å²) in [4.78, 5) is 29.0. The smallest absolute Gasteiger partial charge is 0.413 e. The largest absolute Gasteiger partial charge is 0.493 e. The number of thiazole rings is 1. The lowest BCUT2D eigenvalue weighted by molar-refractivity contribution is 0.102. The number of methoxy groups -OCH3 is 4. The van der Waals surface area contributed by atoms with Crippen molar-refractivity contribution in [2.24, 2.45) is 0 Å². The molecule has 1 heterocycles. The molecule has 0 fully saturated rings. The minimum atomic E-state index is -0.657. The van der Waals surface area contributed by atoms with Gasteiger partial charge in [0.1, 0.15) is 10.7 Å². The van der Waals surface area contributed by atoms with E-state index >= 15 is 0 Å². The van der Waals surface area contributed by atoms with Gasteiger partial charge in [-0.1, -0.05) is 41.7 Å². The van der Waals surface area contributed by atoms with Crippen molar-refractivity contribution in [3.63, 3.8) is 0 Å². The van der Waals surface area contributed by atoms with Crippen LogP contribution >= 0.6 is 11.3 Å². The van der Waals surface area contributed by atoms with Crippen molar-refractivity contribution in [3.05, 3.63) is 48.0 Å². The lowest BCUT2D eigenvalue weighted by atomic mass is 10.1. The molecule has 3 aromatic rings. The van der Waals surface area contributed by atoms with Crippen molar-refractivity contribution >= 4 is 33.5 Å². The molecule has 0 bridgehead atoms. The summed E-state index contributed by atoms with van der Waals surface area (Å²) < 4.78 is 20.6. The number of ether oxygens (including phenoxy) is 4. The molecule has 3 rings (SSSR count). The molecule has 0 saturated heterocycles. The van der Waals surface area contributed by atoms with Gasteiger partial charge in [0.25, 0.3) is 5.91 Å². The summed E-state index contributed by atoms with van der Waals surface area (Å²) in [6.45, 7) is 0. The van der Waals surface area contributed by atoms with Crippen LogP contribution in [-0.4, -0.2) is 45.4 Å². The molecule has 0 radical (unpaired) electrons. The SMILES string of the molecule is COC(=O)Nc1nc(-c2ccccc2)c(NC(=O)c2cc(OC)c(OC)c(OC)c2)s1. The molecule has 0 atom stereocenters. The van der Waals surface area contributed by atoms with E-state index in [0.29, 0.717) is 33.5 Å². The summed E-state index contributed by atoms with van der Waals surface area (Å²) in [7, 11) is 5.69. The van der Waals surface area contributed by atoms with Gasteiger partial charge in [0, 0.05) is 11.1 Å². The summed E-state index contributed by atoms with van der Waals surface area (Å²) in [5, 5.41) is 6.11. The van der Waals surface area contributed by atoms with Gasteiger partial charge in [-0.05, 0) is 12.1 Å². The van der Waals surface area contributed by atoms with Crippen molar-refractivity contribution in [1.29, 1.82) is 0 Å². The standard InChI is InChI=1S/C21H21N3O6S/c1-27-14-10-13(11-15(28-2)17(14)29-3)18(25)23-19-16(12-8-6-5-7-9-12)22-20(31-19)24-21(26)30-4/h5-11H,1-4H3,(H,23,25)(H,22,24,26). The van der Waals surface area contributed by atoms with E-state index in [4.69, 9.17) is 14.2 Å². The molecule has 0 unspecified atom stereocenters. The van der Waals surface area contributed by atoms with Crippen molar-refractivity contribution in [2.75, 3.05) is 39.1 Å². The van der Waals surface area contributed by atoms with Gasteiger partial charge in [-0.3, -0.25) is 10.1 Å². The Hall–Kier alpha value is -3.79. The van der Waals surface area contributed by atoms with Crippen LogP contribution in [0.2, 0.25) is 0 Å². The molecule has 1 aromatic heterocycles. The lowest BCUT2D eigenvalue weighted by Crippen LogP contribution is -2.12. The average molecular weight is 443 g/mol. The molecule has 9 nitrogen and oxygen atoms in total. The normalized spacial score (nSPS) is 10.2. The van der Waals surface area contributed by atoms with E-state index < -0.39 is 12.0 Å². The molecule has 2 N–H and O–H groups in total. The van der Waals surface area contributed by atoms with Crippen LogP contribution in [-0.2, 0) is 4.74 Å². The van der Waals surface area contributed by atoms with Crippen LogP contribution in [0.3, 0.4) is 0 Å². The van der Waals surface area contributed by atoms with Crippen LogP contribution in [0.15, 0.2) is 42.5 Å². The number of aromatic nitrogens is 1. The number of carbonyl (C=O) groups excluding carboxylic acids is 2. The van der Waals surface area contributed by atoms with E-state index in [-0.39, 0.29) is 5.13 Å². The highest BCUT2D eigenvalue weighted by molar-refractivity contribution is 7.20. The molecule has 162 valence electrons. The van der Waals surface area contributed by atoms with Crippen molar-refractivity contribution < 1.29 is 28.5 Å². The number of nitrogens with zero attached hydrogens (tertiary/aromatic N) is 1. The Bertz CT molecular complexity index is 1060. The molecule has 31 heavy (non-hydrogen) atoms. The van der Waals surface area contributed by atoms with Gasteiger partial charge in [-0.2, -0.15) is 0 Å². The van der Waals surface area contributed by atoms with E-state index in [1.807, 2.05) is 30.3 Å². The van der Waals surface area contributed by atoms with E-state index in [0.717, 1.165) is 16.9 Å². The minimum Gasteiger partial charge on any atom is -0.493 e. The third kappa shape index (κ3) is 4.86. The number of rotatable bonds is 7. The maximum atomic E-state index is 13.0. The summed E-state index contributed by atoms with van der Waals surface area (Å²) in [5.41, 5.74) is 1.58. The Balaban J connectivity index is 1.98. The first-order valence-corrected chi connectivity index (χ1v) is 9.85. The maximum absolute atomic E-state index is 13.0. The Kier molecular flexibility index (Phi) is 6.93. The minimum absolute atomic E-state index is 0.283. The zero-order valence-corrected chi connectivity index (χ0v) is 18.2. The molecule has 10 heteroatoms. The lowest BCUT2D eigenvalue weighted by Gasteiger charge is -2.14. The fraction of sp³-hybridized carbons (Fsp3) is 0.190. The second kappa shape index (κ2) is 9.81. The van der Waals surface area contributed by atoms with Gasteiger partial charge >= 0.3 is 6.09 Å². The molecular formula is C21H21N3O6S. The first-order chi connectivity index (χ1) is 15.0. The molecule has 0 spiro atoms. The Morgan fingerprint density at radius 1 is 0.903 bits per heavy atom. The van der Waals surface area contributed by atoms with Crippen molar-refractivity contribution in [3.8, 4) is 28.5 Å². The van der Waals surface area contributed by atoms with Gasteiger partial charge in [-0.15, -0.1) is 0 Å². The quantitative estimate of drug-likeness (QED) is 0.561. The summed E-state index contributed by atoms with van der Waals surface area (Å²) in [5.74, 6) is 0.679. The highest BCUT2D eigenvalue weighted by Gasteiger charge is 2.21. The van der Waals surface area contributed by atoms with E-state index in [1.54, 1.807) is 12.1 Å². The third-order valence-electron chi connectivity index (χ3n) is 4.22. The third-order valence-corrected chi connectivity index (χ3v) is 5.11. The van der Waals surface area contributed by atoms with Crippen LogP contribution in [0.1, 0.15) is 10.4 Å². The van der Waals surface area contributed by atoms with Crippen molar-refractivity contribution in [2.45, 2.75) is 0 Å². The number of amides is 2. The van der Waals surface area contributed by atoms with Crippen LogP contribution in [0.4, 0.5) is 14.9 Å². The van der Waals surface area contributed by atoms with E-state index in [1.165, 1.54) is 28.4 Å². The van der Waals surface area contributed by atoms with Crippen LogP contribution in [0, 0.1) is 0 Å². The van der Waals surface area contributed by atoms with Crippen LogP contribution < -0.4 is 24.8 Å². The highest BCUT2D eigenvalue weighted by atomic mass is 32.1. The number of carbonyl (C=O) groups is 2. The van der Waals surface area contributed by atoms with Gasteiger partial charge in [0.05, 0.1) is 28.4 Å². The second-order valence-corrected chi connectivity index (χ2v) is 7.05. The number of benzene rings is 2. The molecule has 0 saturated carbocycles. The monoisotopic (exact) mass is 443 g/mol. The molecular weight excluding hydrogens is 422 g/mol. The number of hydrogen-bond acceptors (Lipinski definition) is 8. The van der Waals surface area contributed by atoms with Gasteiger partial charge < -0.3 is 24.3 Å². The highest BCUT2D eigenvalue weighted by Crippen LogP contribution is 2.39. The average Bonchev–Trinajstić information content (AvgIpc) is 3.20. The first kappa shape index (κ1) is 21.9. The Morgan fingerprint density at radius 2 is 1.55 bits per heavy atom. The number of anilines is 2. The first-order valence-electron chi connectivity index (χ1n) is 9.03. The van der Waals surface area contributed by atoms with Crippen molar-refractivity contribution in [1.82, 2.24) is 4.98 Å².